The van der Waals surface area contributed by atoms with E-state index in [1.807, 2.05) is 73.5 Å². The third kappa shape index (κ3) is 10.6. The van der Waals surface area contributed by atoms with Crippen molar-refractivity contribution in [3.05, 3.63) is 54.6 Å². The van der Waals surface area contributed by atoms with Gasteiger partial charge in [0.15, 0.2) is 0 Å². The average molecular weight is 606 g/mol. The number of amides is 3. The molecule has 0 bridgehead atoms. The second-order valence-electron chi connectivity index (χ2n) is 12.1. The smallest absolute Gasteiger partial charge is 0.411 e. The van der Waals surface area contributed by atoms with Gasteiger partial charge in [-0.1, -0.05) is 55.0 Å². The number of ether oxygens (including phenoxy) is 1. The topological polar surface area (TPSA) is 94.2 Å². The lowest BCUT2D eigenvalue weighted by molar-refractivity contribution is -0.130. The standard InChI is InChI=1S/C35H51N5O4/c1-3-36-34(42)29-15-12-22-40(27-29)21-11-5-8-18-33(41)38(2)25-26-39-23-19-30(20-24-39)44-35(43)37-32-17-10-9-16-31(32)28-13-6-4-7-14-28/h4,6-7,9-10,13-14,16-17,29-30H,3,5,8,11-12,15,18-27H2,1-2H3,(H,36,42)(H,37,43). The zero-order chi connectivity index (χ0) is 31.1. The summed E-state index contributed by atoms with van der Waals surface area (Å²) < 4.78 is 5.76. The Morgan fingerprint density at radius 2 is 1.64 bits per heavy atom. The van der Waals surface area contributed by atoms with Crippen LogP contribution >= 0.6 is 0 Å². The molecular weight excluding hydrogens is 554 g/mol. The molecule has 2 aromatic carbocycles. The van der Waals surface area contributed by atoms with Crippen molar-refractivity contribution >= 4 is 23.6 Å². The van der Waals surface area contributed by atoms with E-state index in [1.165, 1.54) is 0 Å². The number of para-hydroxylation sites is 1. The van der Waals surface area contributed by atoms with Crippen molar-refractivity contribution in [1.29, 1.82) is 0 Å². The van der Waals surface area contributed by atoms with E-state index in [4.69, 9.17) is 4.74 Å². The number of likely N-dealkylation sites (N-methyl/N-ethyl adjacent to an activating group) is 1. The second-order valence-corrected chi connectivity index (χ2v) is 12.1. The molecule has 2 heterocycles. The van der Waals surface area contributed by atoms with Gasteiger partial charge in [-0.3, -0.25) is 14.9 Å². The van der Waals surface area contributed by atoms with Crippen molar-refractivity contribution in [1.82, 2.24) is 20.0 Å². The molecule has 2 aromatic rings. The van der Waals surface area contributed by atoms with Crippen LogP contribution in [0.1, 0.15) is 58.3 Å². The Balaban J connectivity index is 1.06. The van der Waals surface area contributed by atoms with Crippen molar-refractivity contribution in [3.8, 4) is 11.1 Å². The average Bonchev–Trinajstić information content (AvgIpc) is 3.05. The van der Waals surface area contributed by atoms with Gasteiger partial charge in [0.2, 0.25) is 11.8 Å². The van der Waals surface area contributed by atoms with Gasteiger partial charge in [0.05, 0.1) is 11.6 Å². The summed E-state index contributed by atoms with van der Waals surface area (Å²) in [5.41, 5.74) is 2.74. The molecule has 0 spiro atoms. The largest absolute Gasteiger partial charge is 0.446 e. The minimum Gasteiger partial charge on any atom is -0.446 e. The van der Waals surface area contributed by atoms with Gasteiger partial charge in [-0.15, -0.1) is 0 Å². The number of anilines is 1. The van der Waals surface area contributed by atoms with E-state index in [0.29, 0.717) is 19.5 Å². The Hall–Kier alpha value is -3.43. The number of nitrogens with zero attached hydrogens (tertiary/aromatic N) is 3. The monoisotopic (exact) mass is 605 g/mol. The first-order valence-corrected chi connectivity index (χ1v) is 16.5. The first kappa shape index (κ1) is 33.5. The molecule has 1 atom stereocenters. The van der Waals surface area contributed by atoms with Gasteiger partial charge >= 0.3 is 6.09 Å². The van der Waals surface area contributed by atoms with Crippen molar-refractivity contribution in [2.75, 3.05) is 64.7 Å². The van der Waals surface area contributed by atoms with Crippen molar-refractivity contribution in [3.63, 3.8) is 0 Å². The third-order valence-corrected chi connectivity index (χ3v) is 8.83. The summed E-state index contributed by atoms with van der Waals surface area (Å²) in [6.45, 7) is 8.80. The van der Waals surface area contributed by atoms with Crippen LogP contribution in [0.2, 0.25) is 0 Å². The molecular formula is C35H51N5O4. The number of hydrogen-bond acceptors (Lipinski definition) is 6. The zero-order valence-electron chi connectivity index (χ0n) is 26.6. The van der Waals surface area contributed by atoms with Crippen LogP contribution in [0, 0.1) is 5.92 Å². The highest BCUT2D eigenvalue weighted by Crippen LogP contribution is 2.28. The summed E-state index contributed by atoms with van der Waals surface area (Å²) in [6.07, 6.45) is 6.67. The minimum absolute atomic E-state index is 0.112. The summed E-state index contributed by atoms with van der Waals surface area (Å²) >= 11 is 0. The van der Waals surface area contributed by atoms with Crippen LogP contribution in [0.3, 0.4) is 0 Å². The Bertz CT molecular complexity index is 1180. The highest BCUT2D eigenvalue weighted by atomic mass is 16.6. The molecule has 2 saturated heterocycles. The zero-order valence-corrected chi connectivity index (χ0v) is 26.6. The Labute approximate surface area is 263 Å². The maximum absolute atomic E-state index is 12.7. The molecule has 2 aliphatic heterocycles. The number of nitrogens with one attached hydrogen (secondary N) is 2. The highest BCUT2D eigenvalue weighted by Gasteiger charge is 2.25. The van der Waals surface area contributed by atoms with E-state index in [-0.39, 0.29) is 23.8 Å². The van der Waals surface area contributed by atoms with Crippen LogP contribution < -0.4 is 10.6 Å². The van der Waals surface area contributed by atoms with Crippen LogP contribution in [-0.4, -0.2) is 98.1 Å². The second kappa shape index (κ2) is 17.8. The summed E-state index contributed by atoms with van der Waals surface area (Å²) in [5.74, 6) is 0.502. The first-order chi connectivity index (χ1) is 21.4. The fourth-order valence-electron chi connectivity index (χ4n) is 6.19. The molecule has 0 radical (unpaired) electrons. The number of piperidine rings is 2. The fourth-order valence-corrected chi connectivity index (χ4v) is 6.19. The van der Waals surface area contributed by atoms with E-state index in [9.17, 15) is 14.4 Å². The highest BCUT2D eigenvalue weighted by molar-refractivity contribution is 5.91. The van der Waals surface area contributed by atoms with Gasteiger partial charge in [-0.2, -0.15) is 0 Å². The summed E-state index contributed by atoms with van der Waals surface area (Å²) in [4.78, 5) is 44.1. The molecule has 3 amide bonds. The number of benzene rings is 2. The molecule has 0 aromatic heterocycles. The molecule has 4 rings (SSSR count). The van der Waals surface area contributed by atoms with Gasteiger partial charge in [-0.05, 0) is 70.2 Å². The van der Waals surface area contributed by atoms with Crippen LogP contribution in [0.5, 0.6) is 0 Å². The molecule has 0 saturated carbocycles. The van der Waals surface area contributed by atoms with Crippen molar-refractivity contribution in [2.45, 2.75) is 64.4 Å². The molecule has 2 fully saturated rings. The fraction of sp³-hybridized carbons (Fsp3) is 0.571. The van der Waals surface area contributed by atoms with Crippen molar-refractivity contribution < 1.29 is 19.1 Å². The number of unbranched alkanes of at least 4 members (excludes halogenated alkanes) is 2. The number of hydrogen-bond donors (Lipinski definition) is 2. The van der Waals surface area contributed by atoms with Gasteiger partial charge in [0, 0.05) is 58.3 Å². The van der Waals surface area contributed by atoms with Crippen LogP contribution in [0.25, 0.3) is 11.1 Å². The van der Waals surface area contributed by atoms with E-state index in [1.54, 1.807) is 0 Å². The molecule has 0 aliphatic carbocycles. The SMILES string of the molecule is CCNC(=O)C1CCCN(CCCCCC(=O)N(C)CCN2CCC(OC(=O)Nc3ccccc3-c3ccccc3)CC2)C1. The van der Waals surface area contributed by atoms with Crippen molar-refractivity contribution in [2.24, 2.45) is 5.92 Å². The number of rotatable bonds is 14. The van der Waals surface area contributed by atoms with Gasteiger partial charge in [-0.25, -0.2) is 4.79 Å². The molecule has 240 valence electrons. The number of carbonyl (C=O) groups is 3. The molecule has 9 heteroatoms. The summed E-state index contributed by atoms with van der Waals surface area (Å²) in [7, 11) is 1.89. The normalized spacial score (nSPS) is 18.0. The molecule has 9 nitrogen and oxygen atoms in total. The Kier molecular flexibility index (Phi) is 13.5. The van der Waals surface area contributed by atoms with Gasteiger partial charge in [0.25, 0.3) is 0 Å². The predicted molar refractivity (Wildman–Crippen MR) is 175 cm³/mol. The Morgan fingerprint density at radius 3 is 2.41 bits per heavy atom. The minimum atomic E-state index is -0.420. The predicted octanol–water partition coefficient (Wildman–Crippen LogP) is 5.23. The quantitative estimate of drug-likeness (QED) is 0.287. The molecule has 2 aliphatic rings. The maximum atomic E-state index is 12.7. The third-order valence-electron chi connectivity index (χ3n) is 8.83. The van der Waals surface area contributed by atoms with Crippen LogP contribution in [0.4, 0.5) is 10.5 Å². The first-order valence-electron chi connectivity index (χ1n) is 16.5. The van der Waals surface area contributed by atoms with E-state index < -0.39 is 6.09 Å². The molecule has 2 N–H and O–H groups in total. The van der Waals surface area contributed by atoms with E-state index in [2.05, 4.69) is 20.4 Å². The Morgan fingerprint density at radius 1 is 0.886 bits per heavy atom. The number of likely N-dealkylation sites (tertiary alicyclic amines) is 2. The lowest BCUT2D eigenvalue weighted by Crippen LogP contribution is -2.43. The van der Waals surface area contributed by atoms with Gasteiger partial charge < -0.3 is 24.8 Å². The van der Waals surface area contributed by atoms with Gasteiger partial charge in [0.1, 0.15) is 6.10 Å². The summed E-state index contributed by atoms with van der Waals surface area (Å²) in [5, 5.41) is 5.89. The lowest BCUT2D eigenvalue weighted by Gasteiger charge is -2.32. The summed E-state index contributed by atoms with van der Waals surface area (Å²) in [6, 6.07) is 17.7. The maximum Gasteiger partial charge on any atom is 0.411 e. The van der Waals surface area contributed by atoms with E-state index >= 15 is 0 Å². The lowest BCUT2D eigenvalue weighted by atomic mass is 9.97. The van der Waals surface area contributed by atoms with Crippen LogP contribution in [-0.2, 0) is 14.3 Å². The van der Waals surface area contributed by atoms with Crippen LogP contribution in [0.15, 0.2) is 54.6 Å². The number of carbonyl (C=O) groups excluding carboxylic acids is 3. The van der Waals surface area contributed by atoms with E-state index in [0.717, 1.165) is 101 Å². The molecule has 44 heavy (non-hydrogen) atoms. The molecule has 1 unspecified atom stereocenters.